The van der Waals surface area contributed by atoms with Crippen LogP contribution in [0.1, 0.15) is 43.1 Å². The molecule has 0 spiro atoms. The van der Waals surface area contributed by atoms with Crippen molar-refractivity contribution in [2.45, 2.75) is 13.0 Å². The highest BCUT2D eigenvalue weighted by Crippen LogP contribution is 2.43. The van der Waals surface area contributed by atoms with Gasteiger partial charge in [-0.1, -0.05) is 35.6 Å². The smallest absolute Gasteiger partial charge is 0.350 e. The highest BCUT2D eigenvalue weighted by atomic mass is 32.1. The first-order valence-electron chi connectivity index (χ1n) is 9.64. The first kappa shape index (κ1) is 20.0. The van der Waals surface area contributed by atoms with Crippen LogP contribution in [0.2, 0.25) is 0 Å². The molecule has 1 atom stereocenters. The van der Waals surface area contributed by atoms with Crippen molar-refractivity contribution in [2.75, 3.05) is 12.0 Å². The monoisotopic (exact) mass is 448 g/mol. The topological polar surface area (TPSA) is 110 Å². The second-order valence-electron chi connectivity index (χ2n) is 7.24. The number of methoxy groups -OCH3 is 1. The molecule has 5 rings (SSSR count). The van der Waals surface area contributed by atoms with E-state index in [-0.39, 0.29) is 32.5 Å². The van der Waals surface area contributed by atoms with Gasteiger partial charge in [-0.25, -0.2) is 9.78 Å². The number of aryl methyl sites for hydroxylation is 1. The Morgan fingerprint density at radius 1 is 1.16 bits per heavy atom. The van der Waals surface area contributed by atoms with Crippen molar-refractivity contribution in [3.63, 3.8) is 0 Å². The van der Waals surface area contributed by atoms with Crippen LogP contribution in [0.5, 0.6) is 5.75 Å². The fraction of sp³-hybridized carbons (Fsp3) is 0.130. The number of rotatable bonds is 3. The minimum absolute atomic E-state index is 0.0495. The minimum Gasteiger partial charge on any atom is -0.508 e. The Labute approximate surface area is 185 Å². The zero-order valence-electron chi connectivity index (χ0n) is 17.0. The molecule has 3 heterocycles. The van der Waals surface area contributed by atoms with Gasteiger partial charge in [0.25, 0.3) is 5.91 Å². The number of aromatic hydroxyl groups is 1. The summed E-state index contributed by atoms with van der Waals surface area (Å²) in [6.07, 6.45) is 0. The molecule has 0 bridgehead atoms. The zero-order valence-corrected chi connectivity index (χ0v) is 17.8. The van der Waals surface area contributed by atoms with Crippen molar-refractivity contribution >= 4 is 39.3 Å². The van der Waals surface area contributed by atoms with E-state index in [9.17, 15) is 19.5 Å². The van der Waals surface area contributed by atoms with Gasteiger partial charge in [-0.2, -0.15) is 0 Å². The van der Waals surface area contributed by atoms with Crippen LogP contribution in [0.3, 0.4) is 0 Å². The lowest BCUT2D eigenvalue weighted by atomic mass is 9.98. The fourth-order valence-corrected chi connectivity index (χ4v) is 4.87. The van der Waals surface area contributed by atoms with E-state index in [2.05, 4.69) is 4.98 Å². The predicted molar refractivity (Wildman–Crippen MR) is 117 cm³/mol. The Kier molecular flexibility index (Phi) is 4.56. The lowest BCUT2D eigenvalue weighted by Crippen LogP contribution is -2.29. The number of nitrogens with zero attached hydrogens (tertiary/aromatic N) is 2. The number of ether oxygens (including phenoxy) is 1. The first-order chi connectivity index (χ1) is 15.4. The van der Waals surface area contributed by atoms with Gasteiger partial charge in [-0.05, 0) is 36.8 Å². The number of esters is 1. The molecule has 1 amide bonds. The molecule has 1 N–H and O–H groups in total. The van der Waals surface area contributed by atoms with E-state index in [0.717, 1.165) is 11.3 Å². The third-order valence-corrected chi connectivity index (χ3v) is 6.49. The van der Waals surface area contributed by atoms with Crippen LogP contribution in [0.4, 0.5) is 5.13 Å². The van der Waals surface area contributed by atoms with Gasteiger partial charge in [0.2, 0.25) is 5.76 Å². The molecule has 0 saturated carbocycles. The number of phenols is 1. The summed E-state index contributed by atoms with van der Waals surface area (Å²) in [7, 11) is 1.27. The maximum absolute atomic E-state index is 13.5. The van der Waals surface area contributed by atoms with Gasteiger partial charge in [0, 0.05) is 0 Å². The predicted octanol–water partition coefficient (Wildman–Crippen LogP) is 3.80. The third-order valence-electron chi connectivity index (χ3n) is 5.35. The van der Waals surface area contributed by atoms with Gasteiger partial charge in [-0.15, -0.1) is 0 Å². The van der Waals surface area contributed by atoms with Crippen LogP contribution in [0, 0.1) is 6.92 Å². The summed E-state index contributed by atoms with van der Waals surface area (Å²) in [6, 6.07) is 12.1. The average molecular weight is 448 g/mol. The highest BCUT2D eigenvalue weighted by molar-refractivity contribution is 7.17. The molecule has 32 heavy (non-hydrogen) atoms. The number of fused-ring (bicyclic) bond motifs is 2. The van der Waals surface area contributed by atoms with Crippen molar-refractivity contribution in [3.8, 4) is 5.75 Å². The van der Waals surface area contributed by atoms with Gasteiger partial charge in [0.05, 0.1) is 29.8 Å². The Morgan fingerprint density at radius 3 is 2.59 bits per heavy atom. The van der Waals surface area contributed by atoms with E-state index in [4.69, 9.17) is 9.15 Å². The number of hydrogen-bond donors (Lipinski definition) is 1. The number of carbonyl (C=O) groups is 2. The van der Waals surface area contributed by atoms with Gasteiger partial charge < -0.3 is 14.3 Å². The summed E-state index contributed by atoms with van der Waals surface area (Å²) >= 11 is 1.00. The van der Waals surface area contributed by atoms with Gasteiger partial charge >= 0.3 is 5.97 Å². The Bertz CT molecular complexity index is 1450. The summed E-state index contributed by atoms with van der Waals surface area (Å²) in [5.41, 5.74) is 1.17. The Morgan fingerprint density at radius 2 is 1.88 bits per heavy atom. The summed E-state index contributed by atoms with van der Waals surface area (Å²) in [4.78, 5) is 45.1. The molecule has 0 aliphatic carbocycles. The summed E-state index contributed by atoms with van der Waals surface area (Å²) < 4.78 is 10.7. The number of para-hydroxylation sites is 1. The molecule has 0 unspecified atom stereocenters. The number of carbonyl (C=O) groups excluding carboxylic acids is 2. The summed E-state index contributed by atoms with van der Waals surface area (Å²) in [5, 5.41) is 10.3. The van der Waals surface area contributed by atoms with Gasteiger partial charge in [0.15, 0.2) is 10.6 Å². The lowest BCUT2D eigenvalue weighted by Gasteiger charge is -2.22. The van der Waals surface area contributed by atoms with Crippen molar-refractivity contribution in [1.29, 1.82) is 0 Å². The van der Waals surface area contributed by atoms with Gasteiger partial charge in [-0.3, -0.25) is 14.5 Å². The van der Waals surface area contributed by atoms with Gasteiger partial charge in [0.1, 0.15) is 16.2 Å². The molecule has 1 aliphatic heterocycles. The third kappa shape index (κ3) is 2.89. The number of amides is 1. The maximum atomic E-state index is 13.5. The molecular formula is C23H16N2O6S. The SMILES string of the molecule is COC(=O)c1sc(N2C(=O)c3oc4ccccc4c(=O)c3[C@H]2c2ccc(O)cc2)nc1C. The molecule has 2 aromatic heterocycles. The van der Waals surface area contributed by atoms with Crippen LogP contribution in [0.25, 0.3) is 11.0 Å². The van der Waals surface area contributed by atoms with E-state index < -0.39 is 17.9 Å². The van der Waals surface area contributed by atoms with Crippen molar-refractivity contribution in [1.82, 2.24) is 4.98 Å². The second kappa shape index (κ2) is 7.31. The highest BCUT2D eigenvalue weighted by Gasteiger charge is 2.45. The van der Waals surface area contributed by atoms with Crippen molar-refractivity contribution in [3.05, 3.63) is 86.2 Å². The molecule has 9 heteroatoms. The number of aromatic nitrogens is 1. The van der Waals surface area contributed by atoms with E-state index in [1.165, 1.54) is 24.1 Å². The number of benzene rings is 2. The van der Waals surface area contributed by atoms with E-state index in [1.807, 2.05) is 0 Å². The van der Waals surface area contributed by atoms with Crippen LogP contribution in [-0.2, 0) is 4.74 Å². The minimum atomic E-state index is -0.838. The zero-order chi connectivity index (χ0) is 22.6. The molecule has 0 fully saturated rings. The number of hydrogen-bond acceptors (Lipinski definition) is 8. The lowest BCUT2D eigenvalue weighted by molar-refractivity contribution is 0.0605. The quantitative estimate of drug-likeness (QED) is 0.475. The Hall–Kier alpha value is -3.98. The molecule has 2 aromatic carbocycles. The van der Waals surface area contributed by atoms with E-state index in [0.29, 0.717) is 22.2 Å². The van der Waals surface area contributed by atoms with E-state index in [1.54, 1.807) is 43.3 Å². The van der Waals surface area contributed by atoms with Crippen LogP contribution in [0.15, 0.2) is 57.7 Å². The average Bonchev–Trinajstić information content (AvgIpc) is 3.31. The maximum Gasteiger partial charge on any atom is 0.350 e. The standard InChI is InChI=1S/C23H16N2O6S/c1-11-20(22(29)30-2)32-23(24-11)25-17(12-7-9-13(26)10-8-12)16-18(27)14-5-3-4-6-15(14)31-19(16)21(25)28/h3-10,17,26H,1-2H3/t17-/m1/s1. The molecule has 4 aromatic rings. The molecule has 0 saturated heterocycles. The Balaban J connectivity index is 1.78. The summed E-state index contributed by atoms with van der Waals surface area (Å²) in [6.45, 7) is 1.65. The van der Waals surface area contributed by atoms with Crippen LogP contribution >= 0.6 is 11.3 Å². The summed E-state index contributed by atoms with van der Waals surface area (Å²) in [5.74, 6) is -1.12. The molecule has 8 nitrogen and oxygen atoms in total. The van der Waals surface area contributed by atoms with Crippen molar-refractivity contribution < 1.29 is 23.8 Å². The first-order valence-corrected chi connectivity index (χ1v) is 10.5. The van der Waals surface area contributed by atoms with E-state index >= 15 is 0 Å². The normalized spacial score (nSPS) is 15.2. The van der Waals surface area contributed by atoms with Crippen LogP contribution < -0.4 is 10.3 Å². The van der Waals surface area contributed by atoms with Crippen LogP contribution in [-0.4, -0.2) is 29.1 Å². The number of phenolic OH excluding ortho intramolecular Hbond substituents is 1. The number of anilines is 1. The molecular weight excluding hydrogens is 432 g/mol. The molecule has 1 aliphatic rings. The number of thiazole rings is 1. The fourth-order valence-electron chi connectivity index (χ4n) is 3.86. The largest absolute Gasteiger partial charge is 0.508 e. The molecule has 0 radical (unpaired) electrons. The van der Waals surface area contributed by atoms with Crippen molar-refractivity contribution in [2.24, 2.45) is 0 Å². The second-order valence-corrected chi connectivity index (χ2v) is 8.22. The molecule has 160 valence electrons.